The van der Waals surface area contributed by atoms with E-state index in [1.165, 1.54) is 19.3 Å². The van der Waals surface area contributed by atoms with Crippen LogP contribution in [0.15, 0.2) is 0 Å². The summed E-state index contributed by atoms with van der Waals surface area (Å²) in [5.74, 6) is 0. The van der Waals surface area contributed by atoms with Crippen molar-refractivity contribution in [3.05, 3.63) is 0 Å². The zero-order valence-corrected chi connectivity index (χ0v) is 9.51. The highest BCUT2D eigenvalue weighted by atomic mass is 15.3. The van der Waals surface area contributed by atoms with Gasteiger partial charge in [-0.15, -0.1) is 0 Å². The summed E-state index contributed by atoms with van der Waals surface area (Å²) in [6, 6.07) is 1.47. The van der Waals surface area contributed by atoms with Gasteiger partial charge in [0.2, 0.25) is 0 Å². The number of rotatable bonds is 3. The van der Waals surface area contributed by atoms with Gasteiger partial charge in [-0.1, -0.05) is 6.92 Å². The van der Waals surface area contributed by atoms with Crippen LogP contribution in [-0.4, -0.2) is 29.1 Å². The fourth-order valence-corrected chi connectivity index (χ4v) is 2.67. The first-order chi connectivity index (χ1) is 6.03. The van der Waals surface area contributed by atoms with E-state index in [1.54, 1.807) is 0 Å². The summed E-state index contributed by atoms with van der Waals surface area (Å²) >= 11 is 0. The molecule has 1 saturated heterocycles. The van der Waals surface area contributed by atoms with Crippen molar-refractivity contribution in [3.8, 4) is 0 Å². The first-order valence-electron chi connectivity index (χ1n) is 5.51. The molecule has 0 amide bonds. The van der Waals surface area contributed by atoms with E-state index in [4.69, 9.17) is 5.73 Å². The van der Waals surface area contributed by atoms with Gasteiger partial charge in [0.15, 0.2) is 0 Å². The smallest absolute Gasteiger partial charge is 0.0281 e. The highest BCUT2D eigenvalue weighted by Crippen LogP contribution is 2.32. The topological polar surface area (TPSA) is 29.3 Å². The molecule has 2 unspecified atom stereocenters. The molecule has 1 fully saturated rings. The molecular formula is C11H24N2. The maximum atomic E-state index is 5.82. The lowest BCUT2D eigenvalue weighted by molar-refractivity contribution is 0.0736. The summed E-state index contributed by atoms with van der Waals surface area (Å²) in [5.41, 5.74) is 6.00. The molecule has 0 radical (unpaired) electrons. The minimum atomic E-state index is 0.177. The van der Waals surface area contributed by atoms with Crippen molar-refractivity contribution in [2.45, 2.75) is 64.6 Å². The van der Waals surface area contributed by atoms with Crippen LogP contribution in [0.3, 0.4) is 0 Å². The highest BCUT2D eigenvalue weighted by Gasteiger charge is 2.38. The predicted molar refractivity (Wildman–Crippen MR) is 57.7 cm³/mol. The van der Waals surface area contributed by atoms with Crippen molar-refractivity contribution in [1.82, 2.24) is 4.90 Å². The van der Waals surface area contributed by atoms with Gasteiger partial charge in [0, 0.05) is 24.2 Å². The summed E-state index contributed by atoms with van der Waals surface area (Å²) in [6.45, 7) is 9.89. The third-order valence-electron chi connectivity index (χ3n) is 3.46. The molecular weight excluding hydrogens is 160 g/mol. The van der Waals surface area contributed by atoms with E-state index < -0.39 is 0 Å². The van der Waals surface area contributed by atoms with E-state index in [9.17, 15) is 0 Å². The van der Waals surface area contributed by atoms with Crippen molar-refractivity contribution in [2.75, 3.05) is 6.54 Å². The molecule has 0 aromatic carbocycles. The summed E-state index contributed by atoms with van der Waals surface area (Å²) in [5, 5.41) is 0. The van der Waals surface area contributed by atoms with Crippen molar-refractivity contribution < 1.29 is 0 Å². The quantitative estimate of drug-likeness (QED) is 0.727. The molecule has 2 nitrogen and oxygen atoms in total. The minimum absolute atomic E-state index is 0.177. The largest absolute Gasteiger partial charge is 0.329 e. The Bertz CT molecular complexity index is 165. The summed E-state index contributed by atoms with van der Waals surface area (Å²) in [6.07, 6.45) is 3.94. The monoisotopic (exact) mass is 184 g/mol. The Morgan fingerprint density at radius 1 is 1.38 bits per heavy atom. The van der Waals surface area contributed by atoms with Gasteiger partial charge in [-0.3, -0.25) is 4.90 Å². The third kappa shape index (κ3) is 2.05. The van der Waals surface area contributed by atoms with Crippen LogP contribution in [0.2, 0.25) is 0 Å². The van der Waals surface area contributed by atoms with Gasteiger partial charge in [0.05, 0.1) is 0 Å². The molecule has 2 atom stereocenters. The van der Waals surface area contributed by atoms with E-state index in [-0.39, 0.29) is 5.54 Å². The highest BCUT2D eigenvalue weighted by molar-refractivity contribution is 4.94. The normalized spacial score (nSPS) is 31.2. The summed E-state index contributed by atoms with van der Waals surface area (Å²) in [4.78, 5) is 2.62. The maximum absolute atomic E-state index is 5.82. The molecule has 2 N–H and O–H groups in total. The van der Waals surface area contributed by atoms with E-state index in [0.29, 0.717) is 6.04 Å². The number of hydrogen-bond acceptors (Lipinski definition) is 2. The molecule has 0 aliphatic carbocycles. The third-order valence-corrected chi connectivity index (χ3v) is 3.46. The average molecular weight is 184 g/mol. The Morgan fingerprint density at radius 2 is 2.00 bits per heavy atom. The standard InChI is InChI=1S/C11H24N2/c1-5-10-7-6-9(2)13(10)11(3,4)8-12/h9-10H,5-8,12H2,1-4H3. The molecule has 1 aliphatic rings. The van der Waals surface area contributed by atoms with Crippen molar-refractivity contribution in [2.24, 2.45) is 5.73 Å². The van der Waals surface area contributed by atoms with E-state index >= 15 is 0 Å². The lowest BCUT2D eigenvalue weighted by atomic mass is 10.00. The molecule has 0 aromatic rings. The Labute approximate surface area is 82.5 Å². The molecule has 78 valence electrons. The zero-order chi connectivity index (χ0) is 10.1. The number of likely N-dealkylation sites (tertiary alicyclic amines) is 1. The van der Waals surface area contributed by atoms with E-state index in [2.05, 4.69) is 32.6 Å². The summed E-state index contributed by atoms with van der Waals surface area (Å²) < 4.78 is 0. The average Bonchev–Trinajstić information content (AvgIpc) is 2.47. The minimum Gasteiger partial charge on any atom is -0.329 e. The molecule has 0 saturated carbocycles. The Morgan fingerprint density at radius 3 is 2.46 bits per heavy atom. The molecule has 0 aromatic heterocycles. The van der Waals surface area contributed by atoms with Crippen molar-refractivity contribution >= 4 is 0 Å². The van der Waals surface area contributed by atoms with Crippen LogP contribution in [0.25, 0.3) is 0 Å². The Kier molecular flexibility index (Phi) is 3.36. The Hall–Kier alpha value is -0.0800. The fourth-order valence-electron chi connectivity index (χ4n) is 2.67. The van der Waals surface area contributed by atoms with Crippen LogP contribution in [-0.2, 0) is 0 Å². The van der Waals surface area contributed by atoms with Gasteiger partial charge < -0.3 is 5.73 Å². The van der Waals surface area contributed by atoms with Gasteiger partial charge >= 0.3 is 0 Å². The van der Waals surface area contributed by atoms with E-state index in [0.717, 1.165) is 12.6 Å². The van der Waals surface area contributed by atoms with Crippen LogP contribution in [0.4, 0.5) is 0 Å². The van der Waals surface area contributed by atoms with Crippen molar-refractivity contribution in [1.29, 1.82) is 0 Å². The maximum Gasteiger partial charge on any atom is 0.0281 e. The fraction of sp³-hybridized carbons (Fsp3) is 1.00. The van der Waals surface area contributed by atoms with Gasteiger partial charge in [-0.25, -0.2) is 0 Å². The second-order valence-corrected chi connectivity index (χ2v) is 4.91. The second kappa shape index (κ2) is 3.97. The predicted octanol–water partition coefficient (Wildman–Crippen LogP) is 1.99. The van der Waals surface area contributed by atoms with E-state index in [1.807, 2.05) is 0 Å². The van der Waals surface area contributed by atoms with Crippen LogP contribution in [0, 0.1) is 0 Å². The number of hydrogen-bond donors (Lipinski definition) is 1. The Balaban J connectivity index is 2.74. The lowest BCUT2D eigenvalue weighted by Crippen LogP contribution is -2.54. The van der Waals surface area contributed by atoms with Crippen molar-refractivity contribution in [3.63, 3.8) is 0 Å². The summed E-state index contributed by atoms with van der Waals surface area (Å²) in [7, 11) is 0. The molecule has 0 bridgehead atoms. The van der Waals surface area contributed by atoms with Crippen LogP contribution < -0.4 is 5.73 Å². The van der Waals surface area contributed by atoms with Crippen LogP contribution in [0.1, 0.15) is 47.0 Å². The molecule has 1 rings (SSSR count). The first kappa shape index (κ1) is 11.0. The molecule has 1 heterocycles. The van der Waals surface area contributed by atoms with Gasteiger partial charge in [0.25, 0.3) is 0 Å². The molecule has 0 spiro atoms. The first-order valence-corrected chi connectivity index (χ1v) is 5.51. The van der Waals surface area contributed by atoms with Gasteiger partial charge in [-0.2, -0.15) is 0 Å². The lowest BCUT2D eigenvalue weighted by Gasteiger charge is -2.41. The van der Waals surface area contributed by atoms with Gasteiger partial charge in [-0.05, 0) is 40.0 Å². The molecule has 13 heavy (non-hydrogen) atoms. The zero-order valence-electron chi connectivity index (χ0n) is 9.51. The number of nitrogens with zero attached hydrogens (tertiary/aromatic N) is 1. The molecule has 1 aliphatic heterocycles. The number of nitrogens with two attached hydrogens (primary N) is 1. The van der Waals surface area contributed by atoms with Crippen LogP contribution >= 0.6 is 0 Å². The van der Waals surface area contributed by atoms with Gasteiger partial charge in [0.1, 0.15) is 0 Å². The SMILES string of the molecule is CCC1CCC(C)N1C(C)(C)CN. The second-order valence-electron chi connectivity index (χ2n) is 4.91. The van der Waals surface area contributed by atoms with Crippen LogP contribution in [0.5, 0.6) is 0 Å². The molecule has 2 heteroatoms.